The van der Waals surface area contributed by atoms with E-state index in [0.29, 0.717) is 22.6 Å². The molecule has 2 aromatic carbocycles. The van der Waals surface area contributed by atoms with E-state index in [0.717, 1.165) is 5.56 Å². The molecule has 1 aliphatic rings. The fourth-order valence-corrected chi connectivity index (χ4v) is 4.98. The van der Waals surface area contributed by atoms with Crippen LogP contribution in [0.5, 0.6) is 0 Å². The number of carboxylic acids is 1. The summed E-state index contributed by atoms with van der Waals surface area (Å²) >= 11 is 0. The molecule has 0 saturated heterocycles. The molecule has 1 N–H and O–H groups in total. The summed E-state index contributed by atoms with van der Waals surface area (Å²) in [5, 5.41) is 8.68. The van der Waals surface area contributed by atoms with Crippen LogP contribution in [0.4, 0.5) is 0 Å². The third-order valence-corrected chi connectivity index (χ3v) is 6.60. The van der Waals surface area contributed by atoms with Crippen molar-refractivity contribution in [2.45, 2.75) is 16.6 Å². The van der Waals surface area contributed by atoms with Crippen molar-refractivity contribution in [1.82, 2.24) is 4.57 Å². The van der Waals surface area contributed by atoms with Gasteiger partial charge in [0, 0.05) is 24.4 Å². The van der Waals surface area contributed by atoms with Gasteiger partial charge in [0.15, 0.2) is 9.84 Å². The quantitative estimate of drug-likeness (QED) is 0.697. The standard InChI is InChI=1S/C21H15NO4S/c23-21(24)18-8-5-7-15(20(18)22-12-3-4-13-22)10-11-17-14-16-6-1-2-9-19(16)27(17,25)26/h1-9,12-13,17H,14H2,(H,23,24). The maximum Gasteiger partial charge on any atom is 0.337 e. The van der Waals surface area contributed by atoms with E-state index >= 15 is 0 Å². The average Bonchev–Trinajstić information content (AvgIpc) is 3.26. The first-order chi connectivity index (χ1) is 13.0. The molecule has 0 fully saturated rings. The van der Waals surface area contributed by atoms with E-state index < -0.39 is 21.1 Å². The minimum atomic E-state index is -3.51. The highest BCUT2D eigenvalue weighted by Gasteiger charge is 2.35. The molecule has 0 saturated carbocycles. The van der Waals surface area contributed by atoms with E-state index in [1.165, 1.54) is 6.07 Å². The molecule has 3 aromatic rings. The van der Waals surface area contributed by atoms with Crippen molar-refractivity contribution in [2.24, 2.45) is 0 Å². The predicted molar refractivity (Wildman–Crippen MR) is 101 cm³/mol. The molecule has 5 nitrogen and oxygen atoms in total. The fourth-order valence-electron chi connectivity index (χ4n) is 3.28. The number of para-hydroxylation sites is 1. The lowest BCUT2D eigenvalue weighted by Crippen LogP contribution is -2.14. The second-order valence-electron chi connectivity index (χ2n) is 6.21. The zero-order valence-electron chi connectivity index (χ0n) is 14.2. The molecule has 0 radical (unpaired) electrons. The Morgan fingerprint density at radius 3 is 2.48 bits per heavy atom. The molecular weight excluding hydrogens is 362 g/mol. The van der Waals surface area contributed by atoms with E-state index in [2.05, 4.69) is 11.8 Å². The first kappa shape index (κ1) is 17.1. The van der Waals surface area contributed by atoms with Crippen LogP contribution >= 0.6 is 0 Å². The SMILES string of the molecule is O=C(O)c1cccc(C#CC2Cc3ccccc3S2(=O)=O)c1-n1cccc1. The van der Waals surface area contributed by atoms with Crippen molar-refractivity contribution in [2.75, 3.05) is 0 Å². The minimum Gasteiger partial charge on any atom is -0.478 e. The van der Waals surface area contributed by atoms with E-state index in [9.17, 15) is 18.3 Å². The van der Waals surface area contributed by atoms with Gasteiger partial charge in [0.2, 0.25) is 0 Å². The van der Waals surface area contributed by atoms with Gasteiger partial charge in [-0.2, -0.15) is 0 Å². The molecule has 1 unspecified atom stereocenters. The molecule has 1 aliphatic heterocycles. The third-order valence-electron chi connectivity index (χ3n) is 4.56. The van der Waals surface area contributed by atoms with E-state index in [1.807, 2.05) is 6.07 Å². The molecule has 0 bridgehead atoms. The van der Waals surface area contributed by atoms with Crippen molar-refractivity contribution in [3.63, 3.8) is 0 Å². The lowest BCUT2D eigenvalue weighted by molar-refractivity contribution is 0.0697. The number of sulfone groups is 1. The molecular formula is C21H15NO4S. The molecule has 0 amide bonds. The van der Waals surface area contributed by atoms with E-state index in [4.69, 9.17) is 0 Å². The largest absolute Gasteiger partial charge is 0.478 e. The van der Waals surface area contributed by atoms with Crippen molar-refractivity contribution in [3.8, 4) is 17.5 Å². The van der Waals surface area contributed by atoms with Crippen LogP contribution in [0.1, 0.15) is 21.5 Å². The maximum atomic E-state index is 12.7. The number of nitrogens with zero attached hydrogens (tertiary/aromatic N) is 1. The van der Waals surface area contributed by atoms with Crippen molar-refractivity contribution >= 4 is 15.8 Å². The summed E-state index contributed by atoms with van der Waals surface area (Å²) in [5.74, 6) is 4.71. The molecule has 134 valence electrons. The van der Waals surface area contributed by atoms with Crippen LogP contribution in [-0.2, 0) is 16.3 Å². The summed E-state index contributed by atoms with van der Waals surface area (Å²) in [6.07, 6.45) is 3.80. The van der Waals surface area contributed by atoms with Gasteiger partial charge >= 0.3 is 5.97 Å². The molecule has 2 heterocycles. The summed E-state index contributed by atoms with van der Waals surface area (Å²) in [6.45, 7) is 0. The second-order valence-corrected chi connectivity index (χ2v) is 8.31. The molecule has 27 heavy (non-hydrogen) atoms. The van der Waals surface area contributed by atoms with E-state index in [-0.39, 0.29) is 5.56 Å². The van der Waals surface area contributed by atoms with Crippen LogP contribution in [0.3, 0.4) is 0 Å². The van der Waals surface area contributed by atoms with Crippen LogP contribution in [-0.4, -0.2) is 29.3 Å². The van der Waals surface area contributed by atoms with Gasteiger partial charge in [0.1, 0.15) is 5.25 Å². The van der Waals surface area contributed by atoms with E-state index in [1.54, 1.807) is 59.4 Å². The highest BCUT2D eigenvalue weighted by molar-refractivity contribution is 7.92. The number of hydrogen-bond donors (Lipinski definition) is 1. The Balaban J connectivity index is 1.80. The van der Waals surface area contributed by atoms with Crippen molar-refractivity contribution in [1.29, 1.82) is 0 Å². The Labute approximate surface area is 156 Å². The molecule has 4 rings (SSSR count). The monoisotopic (exact) mass is 377 g/mol. The molecule has 0 aliphatic carbocycles. The van der Waals surface area contributed by atoms with Gasteiger partial charge in [-0.15, -0.1) is 0 Å². The number of fused-ring (bicyclic) bond motifs is 1. The summed E-state index contributed by atoms with van der Waals surface area (Å²) in [7, 11) is -3.51. The van der Waals surface area contributed by atoms with Crippen molar-refractivity contribution < 1.29 is 18.3 Å². The second kappa shape index (κ2) is 6.45. The molecule has 0 spiro atoms. The maximum absolute atomic E-state index is 12.7. The minimum absolute atomic E-state index is 0.107. The summed E-state index contributed by atoms with van der Waals surface area (Å²) in [4.78, 5) is 12.0. The fraction of sp³-hybridized carbons (Fsp3) is 0.0952. The van der Waals surface area contributed by atoms with Gasteiger partial charge in [0.25, 0.3) is 0 Å². The van der Waals surface area contributed by atoms with Gasteiger partial charge in [0.05, 0.1) is 16.1 Å². The zero-order valence-corrected chi connectivity index (χ0v) is 15.0. The normalized spacial score (nSPS) is 17.0. The van der Waals surface area contributed by atoms with Crippen LogP contribution in [0, 0.1) is 11.8 Å². The number of carboxylic acid groups (broad SMARTS) is 1. The number of carbonyl (C=O) groups is 1. The van der Waals surface area contributed by atoms with Crippen molar-refractivity contribution in [3.05, 3.63) is 83.7 Å². The van der Waals surface area contributed by atoms with Gasteiger partial charge in [-0.3, -0.25) is 0 Å². The lowest BCUT2D eigenvalue weighted by atomic mass is 10.1. The number of benzene rings is 2. The molecule has 6 heteroatoms. The Bertz CT molecular complexity index is 1200. The van der Waals surface area contributed by atoms with Crippen LogP contribution < -0.4 is 0 Å². The summed E-state index contributed by atoms with van der Waals surface area (Å²) < 4.78 is 27.1. The first-order valence-corrected chi connectivity index (χ1v) is 9.86. The van der Waals surface area contributed by atoms with Gasteiger partial charge in [-0.1, -0.05) is 36.1 Å². The topological polar surface area (TPSA) is 76.4 Å². The molecule has 1 aromatic heterocycles. The third kappa shape index (κ3) is 2.92. The Morgan fingerprint density at radius 2 is 1.78 bits per heavy atom. The van der Waals surface area contributed by atoms with Gasteiger partial charge < -0.3 is 9.67 Å². The number of rotatable bonds is 2. The number of aromatic nitrogens is 1. The number of aromatic carboxylic acids is 1. The van der Waals surface area contributed by atoms with Crippen LogP contribution in [0.15, 0.2) is 71.9 Å². The lowest BCUT2D eigenvalue weighted by Gasteiger charge is -2.10. The summed E-state index contributed by atoms with van der Waals surface area (Å²) in [5.41, 5.74) is 1.77. The molecule has 1 atom stereocenters. The Hall–Kier alpha value is -3.30. The smallest absolute Gasteiger partial charge is 0.337 e. The Morgan fingerprint density at radius 1 is 1.04 bits per heavy atom. The van der Waals surface area contributed by atoms with Crippen LogP contribution in [0.2, 0.25) is 0 Å². The zero-order chi connectivity index (χ0) is 19.0. The average molecular weight is 377 g/mol. The Kier molecular flexibility index (Phi) is 4.09. The highest BCUT2D eigenvalue weighted by atomic mass is 32.2. The van der Waals surface area contributed by atoms with Gasteiger partial charge in [-0.05, 0) is 35.9 Å². The van der Waals surface area contributed by atoms with Gasteiger partial charge in [-0.25, -0.2) is 13.2 Å². The van der Waals surface area contributed by atoms with Crippen LogP contribution in [0.25, 0.3) is 5.69 Å². The first-order valence-electron chi connectivity index (χ1n) is 8.31. The number of hydrogen-bond acceptors (Lipinski definition) is 3. The predicted octanol–water partition coefficient (Wildman–Crippen LogP) is 2.93. The highest BCUT2D eigenvalue weighted by Crippen LogP contribution is 2.30. The summed E-state index contributed by atoms with van der Waals surface area (Å²) in [6, 6.07) is 15.3.